The summed E-state index contributed by atoms with van der Waals surface area (Å²) in [6, 6.07) is 0. The minimum atomic E-state index is -2.31. The Bertz CT molecular complexity index is 101. The third-order valence-electron chi connectivity index (χ3n) is 1.29. The Kier molecular flexibility index (Phi) is 1.05. The number of ether oxygens (including phenoxy) is 1. The van der Waals surface area contributed by atoms with Crippen LogP contribution in [0.2, 0.25) is 0 Å². The molecule has 48 valence electrons. The van der Waals surface area contributed by atoms with Crippen LogP contribution in [0.15, 0.2) is 0 Å². The topological polar surface area (TPSA) is 12.5 Å². The number of halogens is 2. The van der Waals surface area contributed by atoms with E-state index in [4.69, 9.17) is 0 Å². The van der Waals surface area contributed by atoms with E-state index < -0.39 is 18.1 Å². The van der Waals surface area contributed by atoms with Crippen LogP contribution in [0.4, 0.5) is 8.78 Å². The van der Waals surface area contributed by atoms with Crippen molar-refractivity contribution in [3.05, 3.63) is 0 Å². The molecule has 1 aliphatic rings. The second kappa shape index (κ2) is 1.41. The van der Waals surface area contributed by atoms with Gasteiger partial charge >= 0.3 is 0 Å². The Balaban J connectivity index is 2.37. The van der Waals surface area contributed by atoms with Gasteiger partial charge in [0.15, 0.2) is 0 Å². The maximum atomic E-state index is 11.6. The Morgan fingerprint density at radius 3 is 1.88 bits per heavy atom. The van der Waals surface area contributed by atoms with Crippen molar-refractivity contribution in [2.75, 3.05) is 0 Å². The van der Waals surface area contributed by atoms with Gasteiger partial charge in [0.1, 0.15) is 6.10 Å². The summed E-state index contributed by atoms with van der Waals surface area (Å²) in [7, 11) is 0. The smallest absolute Gasteiger partial charge is 0.267 e. The summed E-state index contributed by atoms with van der Waals surface area (Å²) < 4.78 is 27.8. The zero-order valence-corrected chi connectivity index (χ0v) is 4.82. The van der Waals surface area contributed by atoms with E-state index in [9.17, 15) is 8.78 Å². The molecule has 1 rings (SSSR count). The van der Waals surface area contributed by atoms with Crippen molar-refractivity contribution in [2.24, 2.45) is 0 Å². The lowest BCUT2D eigenvalue weighted by Crippen LogP contribution is -2.10. The first-order valence-corrected chi connectivity index (χ1v) is 2.50. The largest absolute Gasteiger partial charge is 0.360 e. The molecule has 0 aromatic heterocycles. The van der Waals surface area contributed by atoms with Crippen LogP contribution in [0.1, 0.15) is 13.8 Å². The van der Waals surface area contributed by atoms with Gasteiger partial charge in [-0.15, -0.1) is 0 Å². The predicted molar refractivity (Wildman–Crippen MR) is 25.0 cm³/mol. The molecule has 1 fully saturated rings. The Morgan fingerprint density at radius 1 is 1.50 bits per heavy atom. The molecule has 1 aliphatic heterocycles. The van der Waals surface area contributed by atoms with Crippen LogP contribution in [0.25, 0.3) is 0 Å². The van der Waals surface area contributed by atoms with Gasteiger partial charge in [0.05, 0.1) is 5.60 Å². The summed E-state index contributed by atoms with van der Waals surface area (Å²) in [5, 5.41) is 0. The van der Waals surface area contributed by atoms with Crippen molar-refractivity contribution in [2.45, 2.75) is 32.0 Å². The van der Waals surface area contributed by atoms with Gasteiger partial charge in [-0.3, -0.25) is 0 Å². The fourth-order valence-electron chi connectivity index (χ4n) is 0.648. The van der Waals surface area contributed by atoms with Gasteiger partial charge in [0.25, 0.3) is 6.43 Å². The molecule has 0 spiro atoms. The molecule has 0 radical (unpaired) electrons. The van der Waals surface area contributed by atoms with E-state index in [0.29, 0.717) is 0 Å². The van der Waals surface area contributed by atoms with Crippen molar-refractivity contribution in [1.29, 1.82) is 0 Å². The van der Waals surface area contributed by atoms with Crippen molar-refractivity contribution in [1.82, 2.24) is 0 Å². The van der Waals surface area contributed by atoms with Gasteiger partial charge < -0.3 is 4.74 Å². The van der Waals surface area contributed by atoms with Gasteiger partial charge in [0.2, 0.25) is 0 Å². The number of alkyl halides is 2. The van der Waals surface area contributed by atoms with Crippen LogP contribution in [0, 0.1) is 0 Å². The lowest BCUT2D eigenvalue weighted by atomic mass is 10.1. The monoisotopic (exact) mass is 122 g/mol. The quantitative estimate of drug-likeness (QED) is 0.479. The third-order valence-corrected chi connectivity index (χ3v) is 1.29. The first-order chi connectivity index (χ1) is 3.54. The molecule has 1 atom stereocenters. The molecule has 0 aliphatic carbocycles. The molecular formula is C5H8F2O. The average Bonchev–Trinajstić information content (AvgIpc) is 2.13. The highest BCUT2D eigenvalue weighted by molar-refractivity contribution is 4.96. The van der Waals surface area contributed by atoms with Crippen LogP contribution in [0.3, 0.4) is 0 Å². The first kappa shape index (κ1) is 5.95. The van der Waals surface area contributed by atoms with Crippen molar-refractivity contribution >= 4 is 0 Å². The molecule has 0 bridgehead atoms. The van der Waals surface area contributed by atoms with Crippen LogP contribution in [-0.4, -0.2) is 18.1 Å². The van der Waals surface area contributed by atoms with Crippen molar-refractivity contribution in [3.63, 3.8) is 0 Å². The third kappa shape index (κ3) is 0.823. The Labute approximate surface area is 46.6 Å². The summed E-state index contributed by atoms with van der Waals surface area (Å²) >= 11 is 0. The molecule has 0 aromatic carbocycles. The van der Waals surface area contributed by atoms with Gasteiger partial charge in [-0.25, -0.2) is 8.78 Å². The standard InChI is InChI=1S/C5H8F2O/c1-5(2)3(8-5)4(6)7/h3-4H,1-2H3. The van der Waals surface area contributed by atoms with E-state index in [-0.39, 0.29) is 0 Å². The molecular weight excluding hydrogens is 114 g/mol. The van der Waals surface area contributed by atoms with Gasteiger partial charge in [-0.05, 0) is 13.8 Å². The van der Waals surface area contributed by atoms with Crippen LogP contribution >= 0.6 is 0 Å². The summed E-state index contributed by atoms with van der Waals surface area (Å²) in [6.45, 7) is 3.31. The predicted octanol–water partition coefficient (Wildman–Crippen LogP) is 1.43. The highest BCUT2D eigenvalue weighted by Crippen LogP contribution is 2.39. The van der Waals surface area contributed by atoms with Crippen LogP contribution < -0.4 is 0 Å². The lowest BCUT2D eigenvalue weighted by molar-refractivity contribution is 0.108. The second-order valence-corrected chi connectivity index (χ2v) is 2.48. The summed E-state index contributed by atoms with van der Waals surface area (Å²) in [4.78, 5) is 0. The maximum Gasteiger partial charge on any atom is 0.267 e. The second-order valence-electron chi connectivity index (χ2n) is 2.48. The van der Waals surface area contributed by atoms with E-state index in [2.05, 4.69) is 4.74 Å². The molecule has 1 saturated heterocycles. The van der Waals surface area contributed by atoms with E-state index >= 15 is 0 Å². The van der Waals surface area contributed by atoms with Gasteiger partial charge in [0, 0.05) is 0 Å². The Morgan fingerprint density at radius 2 is 1.88 bits per heavy atom. The number of epoxide rings is 1. The highest BCUT2D eigenvalue weighted by Gasteiger charge is 2.53. The number of rotatable bonds is 1. The van der Waals surface area contributed by atoms with Crippen molar-refractivity contribution in [3.8, 4) is 0 Å². The average molecular weight is 122 g/mol. The summed E-state index contributed by atoms with van der Waals surface area (Å²) in [5.74, 6) is 0. The zero-order valence-electron chi connectivity index (χ0n) is 4.82. The summed E-state index contributed by atoms with van der Waals surface area (Å²) in [6.07, 6.45) is -3.13. The fourth-order valence-corrected chi connectivity index (χ4v) is 0.648. The number of hydrogen-bond donors (Lipinski definition) is 0. The van der Waals surface area contributed by atoms with Gasteiger partial charge in [-0.2, -0.15) is 0 Å². The summed E-state index contributed by atoms with van der Waals surface area (Å²) in [5.41, 5.74) is -0.561. The van der Waals surface area contributed by atoms with E-state index in [1.165, 1.54) is 0 Å². The first-order valence-electron chi connectivity index (χ1n) is 2.50. The van der Waals surface area contributed by atoms with E-state index in [0.717, 1.165) is 0 Å². The lowest BCUT2D eigenvalue weighted by Gasteiger charge is -1.91. The molecule has 8 heavy (non-hydrogen) atoms. The molecule has 0 N–H and O–H groups in total. The molecule has 1 unspecified atom stereocenters. The van der Waals surface area contributed by atoms with Gasteiger partial charge in [-0.1, -0.05) is 0 Å². The van der Waals surface area contributed by atoms with E-state index in [1.807, 2.05) is 0 Å². The molecule has 3 heteroatoms. The highest BCUT2D eigenvalue weighted by atomic mass is 19.3. The maximum absolute atomic E-state index is 11.6. The fraction of sp³-hybridized carbons (Fsp3) is 1.00. The van der Waals surface area contributed by atoms with Crippen molar-refractivity contribution < 1.29 is 13.5 Å². The molecule has 1 nitrogen and oxygen atoms in total. The van der Waals surface area contributed by atoms with Crippen LogP contribution in [0.5, 0.6) is 0 Å². The minimum absolute atomic E-state index is 0.561. The Hall–Kier alpha value is -0.180. The molecule has 0 aromatic rings. The molecule has 1 heterocycles. The molecule has 0 saturated carbocycles. The molecule has 0 amide bonds. The SMILES string of the molecule is CC1(C)OC1C(F)F. The van der Waals surface area contributed by atoms with E-state index in [1.54, 1.807) is 13.8 Å². The minimum Gasteiger partial charge on any atom is -0.360 e. The normalized spacial score (nSPS) is 33.4. The number of hydrogen-bond acceptors (Lipinski definition) is 1. The zero-order chi connectivity index (χ0) is 6.36. The van der Waals surface area contributed by atoms with Crippen LogP contribution in [-0.2, 0) is 4.74 Å².